The Balaban J connectivity index is 1.28. The third kappa shape index (κ3) is 5.43. The van der Waals surface area contributed by atoms with Crippen molar-refractivity contribution in [2.45, 2.75) is 37.5 Å². The molecule has 2 aromatic carbocycles. The number of ether oxygens (including phenoxy) is 1. The smallest absolute Gasteiger partial charge is 0.338 e. The molecule has 1 aliphatic carbocycles. The maximum absolute atomic E-state index is 12.5. The maximum atomic E-state index is 12.5. The monoisotopic (exact) mass is 469 g/mol. The van der Waals surface area contributed by atoms with Gasteiger partial charge in [0.2, 0.25) is 10.0 Å². The first-order chi connectivity index (χ1) is 15.7. The number of H-pyrrole nitrogens is 1. The molecule has 0 radical (unpaired) electrons. The van der Waals surface area contributed by atoms with Crippen LogP contribution in [-0.2, 0) is 38.8 Å². The second-order valence-corrected chi connectivity index (χ2v) is 10.1. The fourth-order valence-electron chi connectivity index (χ4n) is 4.18. The second-order valence-electron chi connectivity index (χ2n) is 8.56. The highest BCUT2D eigenvalue weighted by Crippen LogP contribution is 2.32. The van der Waals surface area contributed by atoms with Crippen LogP contribution in [0, 0.1) is 5.92 Å². The molecule has 33 heavy (non-hydrogen) atoms. The SMILES string of the molecule is C[C@H]1CCc2[nH]c3ccc(C(=O)OCC(=O)NCCc4ccc(S(N)(=O)=O)cc4)cc3c2C1. The standard InChI is InChI=1S/C24H27N3O5S/c1-15-2-8-21-19(12-15)20-13-17(5-9-22(20)27-21)24(29)32-14-23(28)26-11-10-16-3-6-18(7-4-16)33(25,30)31/h3-7,9,13,15,27H,2,8,10-12,14H2,1H3,(H,26,28)(H2,25,30,31)/t15-/m0/s1. The summed E-state index contributed by atoms with van der Waals surface area (Å²) in [6.45, 7) is 2.19. The highest BCUT2D eigenvalue weighted by atomic mass is 32.2. The van der Waals surface area contributed by atoms with Crippen LogP contribution >= 0.6 is 0 Å². The van der Waals surface area contributed by atoms with Gasteiger partial charge in [0.1, 0.15) is 0 Å². The van der Waals surface area contributed by atoms with Crippen molar-refractivity contribution in [1.29, 1.82) is 0 Å². The summed E-state index contributed by atoms with van der Waals surface area (Å²) in [6.07, 6.45) is 3.66. The van der Waals surface area contributed by atoms with Gasteiger partial charge in [-0.05, 0) is 73.1 Å². The van der Waals surface area contributed by atoms with Crippen LogP contribution in [0.4, 0.5) is 0 Å². The van der Waals surface area contributed by atoms with Gasteiger partial charge >= 0.3 is 5.97 Å². The van der Waals surface area contributed by atoms with Gasteiger partial charge in [0.25, 0.3) is 5.91 Å². The zero-order chi connectivity index (χ0) is 23.6. The predicted molar refractivity (Wildman–Crippen MR) is 124 cm³/mol. The number of aromatic nitrogens is 1. The van der Waals surface area contributed by atoms with Crippen LogP contribution in [0.25, 0.3) is 10.9 Å². The van der Waals surface area contributed by atoms with Crippen molar-refractivity contribution in [3.8, 4) is 0 Å². The van der Waals surface area contributed by atoms with Crippen molar-refractivity contribution in [2.75, 3.05) is 13.2 Å². The van der Waals surface area contributed by atoms with E-state index in [4.69, 9.17) is 9.88 Å². The van der Waals surface area contributed by atoms with Gasteiger partial charge in [0.05, 0.1) is 10.5 Å². The molecular formula is C24H27N3O5S. The Kier molecular flexibility index (Phi) is 6.53. The van der Waals surface area contributed by atoms with E-state index >= 15 is 0 Å². The largest absolute Gasteiger partial charge is 0.452 e. The zero-order valence-electron chi connectivity index (χ0n) is 18.4. The summed E-state index contributed by atoms with van der Waals surface area (Å²) >= 11 is 0. The molecule has 1 atom stereocenters. The molecule has 4 rings (SSSR count). The van der Waals surface area contributed by atoms with Crippen LogP contribution in [0.2, 0.25) is 0 Å². The van der Waals surface area contributed by atoms with E-state index in [0.29, 0.717) is 24.4 Å². The molecule has 0 fully saturated rings. The number of primary sulfonamides is 1. The number of carbonyl (C=O) groups excluding carboxylic acids is 2. The van der Waals surface area contributed by atoms with Gasteiger partial charge < -0.3 is 15.0 Å². The summed E-state index contributed by atoms with van der Waals surface area (Å²) in [4.78, 5) is 28.0. The normalized spacial score (nSPS) is 15.8. The van der Waals surface area contributed by atoms with Crippen molar-refractivity contribution in [1.82, 2.24) is 10.3 Å². The van der Waals surface area contributed by atoms with Crippen LogP contribution in [0.15, 0.2) is 47.4 Å². The Morgan fingerprint density at radius 1 is 1.18 bits per heavy atom. The molecule has 1 aromatic heterocycles. The number of sulfonamides is 1. The van der Waals surface area contributed by atoms with Gasteiger partial charge in [0.15, 0.2) is 6.61 Å². The van der Waals surface area contributed by atoms with Crippen molar-refractivity contribution in [3.63, 3.8) is 0 Å². The molecule has 9 heteroatoms. The number of amides is 1. The van der Waals surface area contributed by atoms with E-state index in [2.05, 4.69) is 17.2 Å². The summed E-state index contributed by atoms with van der Waals surface area (Å²) in [5.41, 5.74) is 4.79. The van der Waals surface area contributed by atoms with Crippen LogP contribution in [0.1, 0.15) is 40.5 Å². The van der Waals surface area contributed by atoms with Gasteiger partial charge in [-0.3, -0.25) is 4.79 Å². The number of aryl methyl sites for hydroxylation is 1. The highest BCUT2D eigenvalue weighted by molar-refractivity contribution is 7.89. The van der Waals surface area contributed by atoms with E-state index in [-0.39, 0.29) is 11.5 Å². The number of benzene rings is 2. The molecule has 1 heterocycles. The Bertz CT molecular complexity index is 1300. The number of rotatable bonds is 7. The molecule has 0 bridgehead atoms. The molecular weight excluding hydrogens is 442 g/mol. The molecule has 0 spiro atoms. The molecule has 0 saturated carbocycles. The van der Waals surface area contributed by atoms with Gasteiger partial charge in [-0.2, -0.15) is 0 Å². The van der Waals surface area contributed by atoms with E-state index in [1.54, 1.807) is 18.2 Å². The summed E-state index contributed by atoms with van der Waals surface area (Å²) < 4.78 is 27.8. The number of esters is 1. The summed E-state index contributed by atoms with van der Waals surface area (Å²) in [7, 11) is -3.73. The van der Waals surface area contributed by atoms with Crippen LogP contribution in [0.3, 0.4) is 0 Å². The molecule has 0 saturated heterocycles. The lowest BCUT2D eigenvalue weighted by atomic mass is 9.87. The molecule has 0 unspecified atom stereocenters. The van der Waals surface area contributed by atoms with Crippen LogP contribution < -0.4 is 10.5 Å². The van der Waals surface area contributed by atoms with Gasteiger partial charge in [0, 0.05) is 23.1 Å². The second kappa shape index (κ2) is 9.36. The number of nitrogens with two attached hydrogens (primary N) is 1. The fourth-order valence-corrected chi connectivity index (χ4v) is 4.69. The lowest BCUT2D eigenvalue weighted by molar-refractivity contribution is -0.124. The summed E-state index contributed by atoms with van der Waals surface area (Å²) in [5.74, 6) is -0.328. The molecule has 4 N–H and O–H groups in total. The average molecular weight is 470 g/mol. The number of fused-ring (bicyclic) bond motifs is 3. The average Bonchev–Trinajstić information content (AvgIpc) is 3.14. The quantitative estimate of drug-likeness (QED) is 0.458. The van der Waals surface area contributed by atoms with Gasteiger partial charge in [-0.1, -0.05) is 19.1 Å². The third-order valence-electron chi connectivity index (χ3n) is 5.99. The van der Waals surface area contributed by atoms with Crippen molar-refractivity contribution in [2.24, 2.45) is 11.1 Å². The molecule has 0 aliphatic heterocycles. The van der Waals surface area contributed by atoms with Crippen molar-refractivity contribution >= 4 is 32.8 Å². The molecule has 8 nitrogen and oxygen atoms in total. The lowest BCUT2D eigenvalue weighted by Gasteiger charge is -2.18. The Morgan fingerprint density at radius 2 is 1.94 bits per heavy atom. The Morgan fingerprint density at radius 3 is 2.67 bits per heavy atom. The first kappa shape index (κ1) is 23.0. The third-order valence-corrected chi connectivity index (χ3v) is 6.92. The molecule has 174 valence electrons. The minimum Gasteiger partial charge on any atom is -0.452 e. The molecule has 3 aromatic rings. The lowest BCUT2D eigenvalue weighted by Crippen LogP contribution is -2.30. The number of hydrogen-bond donors (Lipinski definition) is 3. The molecule has 1 amide bonds. The number of nitrogens with one attached hydrogen (secondary N) is 2. The predicted octanol–water partition coefficient (Wildman–Crippen LogP) is 2.46. The Hall–Kier alpha value is -3.17. The minimum absolute atomic E-state index is 0.0371. The van der Waals surface area contributed by atoms with Crippen LogP contribution in [0.5, 0.6) is 0 Å². The summed E-state index contributed by atoms with van der Waals surface area (Å²) in [6, 6.07) is 11.6. The van der Waals surface area contributed by atoms with Crippen molar-refractivity contribution < 1.29 is 22.7 Å². The number of hydrogen-bond acceptors (Lipinski definition) is 5. The zero-order valence-corrected chi connectivity index (χ0v) is 19.2. The number of carbonyl (C=O) groups is 2. The number of aromatic amines is 1. The minimum atomic E-state index is -3.73. The Labute approximate surface area is 192 Å². The van der Waals surface area contributed by atoms with Crippen molar-refractivity contribution in [3.05, 3.63) is 64.8 Å². The van der Waals surface area contributed by atoms with Crippen LogP contribution in [-0.4, -0.2) is 38.4 Å². The van der Waals surface area contributed by atoms with E-state index < -0.39 is 21.9 Å². The topological polar surface area (TPSA) is 131 Å². The molecule has 1 aliphatic rings. The fraction of sp³-hybridized carbons (Fsp3) is 0.333. The van der Waals surface area contributed by atoms with E-state index in [9.17, 15) is 18.0 Å². The van der Waals surface area contributed by atoms with E-state index in [1.807, 2.05) is 12.1 Å². The summed E-state index contributed by atoms with van der Waals surface area (Å²) in [5, 5.41) is 8.81. The first-order valence-electron chi connectivity index (χ1n) is 10.9. The first-order valence-corrected chi connectivity index (χ1v) is 12.4. The van der Waals surface area contributed by atoms with Gasteiger partial charge in [-0.25, -0.2) is 18.4 Å². The highest BCUT2D eigenvalue weighted by Gasteiger charge is 2.21. The van der Waals surface area contributed by atoms with E-state index in [1.165, 1.54) is 23.4 Å². The van der Waals surface area contributed by atoms with E-state index in [0.717, 1.165) is 35.7 Å². The maximum Gasteiger partial charge on any atom is 0.338 e. The van der Waals surface area contributed by atoms with Gasteiger partial charge in [-0.15, -0.1) is 0 Å².